The van der Waals surface area contributed by atoms with Crippen LogP contribution in [-0.2, 0) is 43.5 Å². The Kier molecular flexibility index (Phi) is 12.1. The van der Waals surface area contributed by atoms with Crippen LogP contribution in [0.2, 0.25) is 0 Å². The second kappa shape index (κ2) is 17.3. The highest BCUT2D eigenvalue weighted by Gasteiger charge is 2.26. The van der Waals surface area contributed by atoms with Gasteiger partial charge in [-0.1, -0.05) is 72.8 Å². The second-order valence-corrected chi connectivity index (χ2v) is 17.1. The molecule has 3 aromatic carbocycles. The summed E-state index contributed by atoms with van der Waals surface area (Å²) in [6.45, 7) is 1.36. The van der Waals surface area contributed by atoms with Crippen molar-refractivity contribution in [3.63, 3.8) is 0 Å². The second-order valence-electron chi connectivity index (χ2n) is 13.9. The molecule has 2 aliphatic heterocycles. The molecule has 1 fully saturated rings. The third-order valence-corrected chi connectivity index (χ3v) is 13.1. The van der Waals surface area contributed by atoms with Gasteiger partial charge in [-0.15, -0.1) is 11.3 Å². The quantitative estimate of drug-likeness (QED) is 0.150. The lowest BCUT2D eigenvalue weighted by Crippen LogP contribution is -2.45. The highest BCUT2D eigenvalue weighted by molar-refractivity contribution is 7.95. The van der Waals surface area contributed by atoms with Gasteiger partial charge in [-0.2, -0.15) is 5.06 Å². The summed E-state index contributed by atoms with van der Waals surface area (Å²) in [5.74, 6) is -0.608. The van der Waals surface area contributed by atoms with E-state index in [9.17, 15) is 18.0 Å². The average Bonchev–Trinajstić information content (AvgIpc) is 3.71. The molecule has 4 aliphatic rings. The van der Waals surface area contributed by atoms with Crippen molar-refractivity contribution in [2.45, 2.75) is 62.9 Å². The molecule has 0 bridgehead atoms. The number of carbonyl (C=O) groups excluding carboxylic acids is 2. The Hall–Kier alpha value is -4.85. The first-order valence-corrected chi connectivity index (χ1v) is 21.2. The van der Waals surface area contributed by atoms with E-state index >= 15 is 0 Å². The smallest absolute Gasteiger partial charge is 0.346 e. The number of sulfone groups is 1. The molecule has 0 spiro atoms. The van der Waals surface area contributed by atoms with Crippen molar-refractivity contribution in [3.05, 3.63) is 124 Å². The molecule has 1 unspecified atom stereocenters. The van der Waals surface area contributed by atoms with Crippen LogP contribution in [0.1, 0.15) is 59.2 Å². The molecule has 3 amide bonds. The predicted octanol–water partition coefficient (Wildman–Crippen LogP) is 7.33. The maximum absolute atomic E-state index is 13.1. The number of carbonyl (C=O) groups is 2. The lowest BCUT2D eigenvalue weighted by molar-refractivity contribution is -0.163. The molecule has 1 aromatic heterocycles. The maximum atomic E-state index is 13.1. The number of benzene rings is 3. The molecule has 1 saturated heterocycles. The number of nitrogens with one attached hydrogen (secondary N) is 1. The maximum Gasteiger partial charge on any atom is 0.346 e. The topological polar surface area (TPSA) is 154 Å². The normalized spacial score (nSPS) is 19.1. The summed E-state index contributed by atoms with van der Waals surface area (Å²) in [5, 5.41) is 4.46. The van der Waals surface area contributed by atoms with Crippen LogP contribution >= 0.6 is 11.3 Å². The largest absolute Gasteiger partial charge is 0.370 e. The Labute approximate surface area is 326 Å². The summed E-state index contributed by atoms with van der Waals surface area (Å²) in [4.78, 5) is 32.0. The first-order valence-electron chi connectivity index (χ1n) is 18.8. The number of urea groups is 1. The number of ether oxygens (including phenoxy) is 1. The molecule has 10 nitrogen and oxygen atoms in total. The molecule has 2 atom stereocenters. The third kappa shape index (κ3) is 9.01. The van der Waals surface area contributed by atoms with Gasteiger partial charge >= 0.3 is 6.03 Å². The van der Waals surface area contributed by atoms with Gasteiger partial charge in [-0.3, -0.25) is 4.79 Å². The summed E-state index contributed by atoms with van der Waals surface area (Å²) in [6.07, 6.45) is 13.4. The number of hydrogen-bond donors (Lipinski definition) is 3. The molecule has 8 rings (SSSR count). The Morgan fingerprint density at radius 3 is 2.55 bits per heavy atom. The number of allylic oxidation sites excluding steroid dienone is 3. The van der Waals surface area contributed by atoms with Crippen molar-refractivity contribution < 1.29 is 27.6 Å². The minimum Gasteiger partial charge on any atom is -0.370 e. The number of hydrogen-bond acceptors (Lipinski definition) is 8. The van der Waals surface area contributed by atoms with Crippen molar-refractivity contribution in [2.24, 2.45) is 11.5 Å². The number of hydroxylamine groups is 1. The fraction of sp³-hybridized carbons (Fsp3) is 0.302. The zero-order chi connectivity index (χ0) is 38.4. The Balaban J connectivity index is 0.000000333. The highest BCUT2D eigenvalue weighted by Crippen LogP contribution is 2.42. The Bertz CT molecular complexity index is 2250. The van der Waals surface area contributed by atoms with Gasteiger partial charge in [0, 0.05) is 47.7 Å². The number of thiophene rings is 1. The van der Waals surface area contributed by atoms with Gasteiger partial charge in [-0.25, -0.2) is 18.0 Å². The van der Waals surface area contributed by atoms with E-state index in [1.165, 1.54) is 61.0 Å². The summed E-state index contributed by atoms with van der Waals surface area (Å²) in [5.41, 5.74) is 22.3. The highest BCUT2D eigenvalue weighted by atomic mass is 32.2. The first kappa shape index (κ1) is 38.4. The van der Waals surface area contributed by atoms with E-state index in [1.54, 1.807) is 17.4 Å². The van der Waals surface area contributed by atoms with Gasteiger partial charge in [0.15, 0.2) is 16.1 Å². The summed E-state index contributed by atoms with van der Waals surface area (Å²) in [7, 11) is -3.29. The SMILES string of the molecule is NC(=O)CC1C=CC=CS1(=O)=O.NCCNC(=O)N(O[C@H]1CCCCO1)c1cccc(-c2ccc(C3=Cc4ccc5c(c4CC3)CCc3ccccc3-5)s2)c1. The van der Waals surface area contributed by atoms with E-state index in [0.717, 1.165) is 60.8 Å². The van der Waals surface area contributed by atoms with Crippen molar-refractivity contribution in [3.8, 4) is 21.6 Å². The molecule has 5 N–H and O–H groups in total. The van der Waals surface area contributed by atoms with Crippen molar-refractivity contribution in [1.82, 2.24) is 5.32 Å². The fourth-order valence-electron chi connectivity index (χ4n) is 7.43. The van der Waals surface area contributed by atoms with Gasteiger partial charge in [0.1, 0.15) is 0 Å². The van der Waals surface area contributed by atoms with Crippen LogP contribution in [0.5, 0.6) is 0 Å². The lowest BCUT2D eigenvalue weighted by atomic mass is 9.78. The number of fused-ring (bicyclic) bond motifs is 5. The van der Waals surface area contributed by atoms with Crippen LogP contribution in [0, 0.1) is 0 Å². The van der Waals surface area contributed by atoms with Crippen LogP contribution in [0.15, 0.2) is 96.4 Å². The lowest BCUT2D eigenvalue weighted by Gasteiger charge is -2.29. The molecule has 3 heterocycles. The Morgan fingerprint density at radius 1 is 0.909 bits per heavy atom. The van der Waals surface area contributed by atoms with Crippen molar-refractivity contribution >= 4 is 50.4 Å². The van der Waals surface area contributed by atoms with E-state index < -0.39 is 27.3 Å². The zero-order valence-corrected chi connectivity index (χ0v) is 32.2. The van der Waals surface area contributed by atoms with E-state index in [2.05, 4.69) is 66.0 Å². The van der Waals surface area contributed by atoms with Crippen LogP contribution in [0.3, 0.4) is 0 Å². The zero-order valence-electron chi connectivity index (χ0n) is 30.6. The third-order valence-electron chi connectivity index (χ3n) is 10.2. The number of anilines is 1. The standard InChI is InChI=1S/C36H37N3O3S.C7H9NO3S/c37-19-20-38-36(40)39(42-35-10-3-4-21-41-35)28-8-5-7-26(23-28)33-17-18-34(43-33)27-13-14-30-25(22-27)12-16-31-29-9-2-1-6-24(29)11-15-32(30)31;8-7(9)5-6-3-1-2-4-12(6,10)11/h1-2,5-9,12,16-18,22-23,35H,3-4,10-11,13-15,19-21,37H2,(H,38,40);1-4,6H,5H2,(H2,8,9)/t35-;/m0./s1. The van der Waals surface area contributed by atoms with Crippen LogP contribution in [0.25, 0.3) is 33.2 Å². The van der Waals surface area contributed by atoms with E-state index in [1.807, 2.05) is 18.2 Å². The number of rotatable bonds is 9. The van der Waals surface area contributed by atoms with Gasteiger partial charge in [-0.05, 0) is 107 Å². The number of nitrogens with zero attached hydrogens (tertiary/aromatic N) is 1. The first-order chi connectivity index (χ1) is 26.7. The van der Waals surface area contributed by atoms with Gasteiger partial charge < -0.3 is 21.5 Å². The average molecular weight is 779 g/mol. The number of nitrogens with two attached hydrogens (primary N) is 2. The van der Waals surface area contributed by atoms with Crippen molar-refractivity contribution in [2.75, 3.05) is 24.8 Å². The molecule has 0 saturated carbocycles. The van der Waals surface area contributed by atoms with Crippen molar-refractivity contribution in [1.29, 1.82) is 0 Å². The van der Waals surface area contributed by atoms with Gasteiger partial charge in [0.25, 0.3) is 0 Å². The molecular weight excluding hydrogens is 733 g/mol. The monoisotopic (exact) mass is 778 g/mol. The number of primary amides is 1. The minimum absolute atomic E-state index is 0.150. The van der Waals surface area contributed by atoms with Crippen LogP contribution < -0.4 is 21.8 Å². The van der Waals surface area contributed by atoms with Crippen LogP contribution in [-0.4, -0.2) is 51.6 Å². The summed E-state index contributed by atoms with van der Waals surface area (Å²) in [6, 6.07) is 25.5. The fourth-order valence-corrected chi connectivity index (χ4v) is 9.69. The molecule has 55 heavy (non-hydrogen) atoms. The molecule has 12 heteroatoms. The number of amides is 3. The van der Waals surface area contributed by atoms with E-state index in [4.69, 9.17) is 21.0 Å². The Morgan fingerprint density at radius 2 is 1.75 bits per heavy atom. The minimum atomic E-state index is -3.29. The number of aryl methyl sites for hydroxylation is 1. The molecule has 0 radical (unpaired) electrons. The van der Waals surface area contributed by atoms with E-state index in [0.29, 0.717) is 25.4 Å². The summed E-state index contributed by atoms with van der Waals surface area (Å²) >= 11 is 1.80. The summed E-state index contributed by atoms with van der Waals surface area (Å²) < 4.78 is 28.1. The van der Waals surface area contributed by atoms with Gasteiger partial charge in [0.05, 0.1) is 10.9 Å². The van der Waals surface area contributed by atoms with E-state index in [-0.39, 0.29) is 12.5 Å². The molecule has 4 aromatic rings. The molecular formula is C43H46N4O6S2. The predicted molar refractivity (Wildman–Crippen MR) is 220 cm³/mol. The molecule has 2 aliphatic carbocycles. The molecule has 286 valence electrons. The van der Waals surface area contributed by atoms with Gasteiger partial charge in [0.2, 0.25) is 5.91 Å². The van der Waals surface area contributed by atoms with Crippen LogP contribution in [0.4, 0.5) is 10.5 Å².